The zero-order valence-electron chi connectivity index (χ0n) is 20.6. The Kier molecular flexibility index (Phi) is 8.91. The molecule has 192 valence electrons. The standard InChI is InChI=1S/C26H28N6O3S2/c1-3-20(32-24(27)30-31-26(32)36-15-14-18-10-6-4-7-11-18)22(33)29-25-28-17(2)21(37-25)23(34)35-16-19-12-8-5-9-13-19/h4-13,20H,3,14-16H2,1-2H3,(H2,27,30)(H,28,29,33). The second kappa shape index (κ2) is 12.5. The molecule has 3 N–H and O–H groups in total. The number of aromatic nitrogens is 4. The topological polar surface area (TPSA) is 125 Å². The van der Waals surface area contributed by atoms with Crippen molar-refractivity contribution in [3.05, 3.63) is 82.4 Å². The number of thioether (sulfide) groups is 1. The predicted molar refractivity (Wildman–Crippen MR) is 146 cm³/mol. The second-order valence-corrected chi connectivity index (χ2v) is 10.3. The van der Waals surface area contributed by atoms with E-state index in [-0.39, 0.29) is 18.5 Å². The molecule has 1 amide bonds. The molecule has 2 aromatic heterocycles. The molecule has 0 radical (unpaired) electrons. The molecule has 4 aromatic rings. The fourth-order valence-corrected chi connectivity index (χ4v) is 5.53. The average molecular weight is 537 g/mol. The maximum Gasteiger partial charge on any atom is 0.350 e. The van der Waals surface area contributed by atoms with E-state index in [1.165, 1.54) is 17.3 Å². The van der Waals surface area contributed by atoms with Gasteiger partial charge >= 0.3 is 5.97 Å². The fourth-order valence-electron chi connectivity index (χ4n) is 3.69. The molecule has 2 aromatic carbocycles. The SMILES string of the molecule is CCC(C(=O)Nc1nc(C)c(C(=O)OCc2ccccc2)s1)n1c(N)nnc1SCCc1ccccc1. The van der Waals surface area contributed by atoms with Gasteiger partial charge in [-0.3, -0.25) is 9.36 Å². The van der Waals surface area contributed by atoms with Gasteiger partial charge < -0.3 is 15.8 Å². The van der Waals surface area contributed by atoms with E-state index in [4.69, 9.17) is 10.5 Å². The molecule has 0 saturated carbocycles. The number of hydrogen-bond acceptors (Lipinski definition) is 9. The lowest BCUT2D eigenvalue weighted by atomic mass is 10.2. The van der Waals surface area contributed by atoms with Gasteiger partial charge in [0.2, 0.25) is 11.9 Å². The molecule has 0 fully saturated rings. The van der Waals surface area contributed by atoms with E-state index in [1.54, 1.807) is 11.5 Å². The number of aryl methyl sites for hydroxylation is 2. The van der Waals surface area contributed by atoms with E-state index in [9.17, 15) is 9.59 Å². The Labute approximate surface area is 223 Å². The predicted octanol–water partition coefficient (Wildman–Crippen LogP) is 4.91. The first-order valence-electron chi connectivity index (χ1n) is 11.8. The van der Waals surface area contributed by atoms with Crippen LogP contribution >= 0.6 is 23.1 Å². The van der Waals surface area contributed by atoms with E-state index in [1.807, 2.05) is 55.5 Å². The van der Waals surface area contributed by atoms with Crippen LogP contribution < -0.4 is 11.1 Å². The number of hydrogen-bond donors (Lipinski definition) is 2. The van der Waals surface area contributed by atoms with Crippen LogP contribution in [0.15, 0.2) is 65.8 Å². The lowest BCUT2D eigenvalue weighted by molar-refractivity contribution is -0.119. The van der Waals surface area contributed by atoms with Crippen molar-refractivity contribution in [1.82, 2.24) is 19.7 Å². The number of nitrogens with zero attached hydrogens (tertiary/aromatic N) is 4. The van der Waals surface area contributed by atoms with Gasteiger partial charge in [0.05, 0.1) is 5.69 Å². The smallest absolute Gasteiger partial charge is 0.350 e. The van der Waals surface area contributed by atoms with Gasteiger partial charge in [0.1, 0.15) is 17.5 Å². The van der Waals surface area contributed by atoms with Crippen molar-refractivity contribution in [3.8, 4) is 0 Å². The third-order valence-corrected chi connectivity index (χ3v) is 7.58. The largest absolute Gasteiger partial charge is 0.457 e. The monoisotopic (exact) mass is 536 g/mol. The van der Waals surface area contributed by atoms with Crippen molar-refractivity contribution in [3.63, 3.8) is 0 Å². The first-order chi connectivity index (χ1) is 18.0. The highest BCUT2D eigenvalue weighted by Crippen LogP contribution is 2.29. The molecule has 0 aliphatic rings. The highest BCUT2D eigenvalue weighted by molar-refractivity contribution is 7.99. The quantitative estimate of drug-likeness (QED) is 0.205. The minimum atomic E-state index is -0.632. The third kappa shape index (κ3) is 6.75. The van der Waals surface area contributed by atoms with Crippen LogP contribution in [0.5, 0.6) is 0 Å². The maximum absolute atomic E-state index is 13.2. The summed E-state index contributed by atoms with van der Waals surface area (Å²) in [6.45, 7) is 3.76. The summed E-state index contributed by atoms with van der Waals surface area (Å²) in [5, 5.41) is 11.9. The van der Waals surface area contributed by atoms with Crippen LogP contribution in [0.3, 0.4) is 0 Å². The number of carbonyl (C=O) groups is 2. The lowest BCUT2D eigenvalue weighted by Crippen LogP contribution is -2.27. The second-order valence-electron chi connectivity index (χ2n) is 8.20. The van der Waals surface area contributed by atoms with Gasteiger partial charge in [-0.25, -0.2) is 9.78 Å². The van der Waals surface area contributed by atoms with Crippen LogP contribution in [0.2, 0.25) is 0 Å². The molecule has 37 heavy (non-hydrogen) atoms. The molecular formula is C26H28N6O3S2. The summed E-state index contributed by atoms with van der Waals surface area (Å²) in [6, 6.07) is 18.9. The minimum absolute atomic E-state index is 0.161. The van der Waals surface area contributed by atoms with Crippen LogP contribution in [-0.4, -0.2) is 37.4 Å². The summed E-state index contributed by atoms with van der Waals surface area (Å²) in [7, 11) is 0. The van der Waals surface area contributed by atoms with Gasteiger partial charge in [-0.2, -0.15) is 0 Å². The van der Waals surface area contributed by atoms with Crippen molar-refractivity contribution in [2.75, 3.05) is 16.8 Å². The molecule has 0 bridgehead atoms. The Bertz CT molecular complexity index is 1340. The molecule has 11 heteroatoms. The Morgan fingerprint density at radius 2 is 1.76 bits per heavy atom. The Morgan fingerprint density at radius 1 is 1.08 bits per heavy atom. The number of esters is 1. The van der Waals surface area contributed by atoms with Gasteiger partial charge in [0.25, 0.3) is 0 Å². The van der Waals surface area contributed by atoms with Gasteiger partial charge in [0, 0.05) is 5.75 Å². The summed E-state index contributed by atoms with van der Waals surface area (Å²) in [6.07, 6.45) is 1.32. The third-order valence-electron chi connectivity index (χ3n) is 5.58. The van der Waals surface area contributed by atoms with Crippen molar-refractivity contribution < 1.29 is 14.3 Å². The van der Waals surface area contributed by atoms with E-state index < -0.39 is 12.0 Å². The summed E-state index contributed by atoms with van der Waals surface area (Å²) in [4.78, 5) is 30.6. The first kappa shape index (κ1) is 26.4. The highest BCUT2D eigenvalue weighted by Gasteiger charge is 2.26. The van der Waals surface area contributed by atoms with Gasteiger partial charge in [-0.05, 0) is 30.9 Å². The zero-order chi connectivity index (χ0) is 26.2. The number of ether oxygens (including phenoxy) is 1. The van der Waals surface area contributed by atoms with Gasteiger partial charge in [-0.1, -0.05) is 90.7 Å². The Balaban J connectivity index is 1.40. The molecular weight excluding hydrogens is 508 g/mol. The molecule has 4 rings (SSSR count). The molecule has 0 aliphatic carbocycles. The summed E-state index contributed by atoms with van der Waals surface area (Å²) < 4.78 is 7.07. The van der Waals surface area contributed by atoms with E-state index in [0.717, 1.165) is 29.1 Å². The Hall–Kier alpha value is -3.70. The van der Waals surface area contributed by atoms with Crippen molar-refractivity contribution >= 4 is 46.1 Å². The zero-order valence-corrected chi connectivity index (χ0v) is 22.2. The number of nitrogen functional groups attached to an aromatic ring is 1. The number of carbonyl (C=O) groups excluding carboxylic acids is 2. The normalized spacial score (nSPS) is 11.7. The number of anilines is 2. The summed E-state index contributed by atoms with van der Waals surface area (Å²) in [5.74, 6) is 0.147. The van der Waals surface area contributed by atoms with Crippen LogP contribution in [0.25, 0.3) is 0 Å². The minimum Gasteiger partial charge on any atom is -0.457 e. The van der Waals surface area contributed by atoms with Crippen LogP contribution in [-0.2, 0) is 22.6 Å². The lowest BCUT2D eigenvalue weighted by Gasteiger charge is -2.18. The number of nitrogens with one attached hydrogen (secondary N) is 1. The molecule has 1 unspecified atom stereocenters. The molecule has 2 heterocycles. The van der Waals surface area contributed by atoms with Crippen molar-refractivity contribution in [1.29, 1.82) is 0 Å². The van der Waals surface area contributed by atoms with E-state index in [2.05, 4.69) is 32.6 Å². The van der Waals surface area contributed by atoms with Crippen molar-refractivity contribution in [2.24, 2.45) is 0 Å². The maximum atomic E-state index is 13.2. The molecule has 9 nitrogen and oxygen atoms in total. The first-order valence-corrected chi connectivity index (χ1v) is 13.6. The number of rotatable bonds is 11. The van der Waals surface area contributed by atoms with Gasteiger partial charge in [0.15, 0.2) is 10.3 Å². The van der Waals surface area contributed by atoms with Crippen LogP contribution in [0.4, 0.5) is 11.1 Å². The number of nitrogens with two attached hydrogens (primary N) is 1. The summed E-state index contributed by atoms with van der Waals surface area (Å²) >= 11 is 2.58. The molecule has 1 atom stereocenters. The van der Waals surface area contributed by atoms with E-state index in [0.29, 0.717) is 27.3 Å². The Morgan fingerprint density at radius 3 is 2.43 bits per heavy atom. The highest BCUT2D eigenvalue weighted by atomic mass is 32.2. The molecule has 0 aliphatic heterocycles. The fraction of sp³-hybridized carbons (Fsp3) is 0.269. The number of thiazole rings is 1. The van der Waals surface area contributed by atoms with Crippen molar-refractivity contribution in [2.45, 2.75) is 44.5 Å². The van der Waals surface area contributed by atoms with Crippen LogP contribution in [0.1, 0.15) is 45.9 Å². The van der Waals surface area contributed by atoms with E-state index >= 15 is 0 Å². The molecule has 0 saturated heterocycles. The average Bonchev–Trinajstić information content (AvgIpc) is 3.46. The molecule has 0 spiro atoms. The summed E-state index contributed by atoms with van der Waals surface area (Å²) in [5.41, 5.74) is 8.70. The van der Waals surface area contributed by atoms with Gasteiger partial charge in [-0.15, -0.1) is 10.2 Å². The number of benzene rings is 2. The van der Waals surface area contributed by atoms with Crippen LogP contribution in [0, 0.1) is 6.92 Å². The number of amides is 1.